The molecule has 0 spiro atoms. The zero-order valence-electron chi connectivity index (χ0n) is 11.3. The molecule has 21 heavy (non-hydrogen) atoms. The van der Waals surface area contributed by atoms with Gasteiger partial charge in [0.05, 0.1) is 23.1 Å². The van der Waals surface area contributed by atoms with Crippen LogP contribution in [-0.2, 0) is 9.59 Å². The van der Waals surface area contributed by atoms with E-state index >= 15 is 0 Å². The molecule has 1 aliphatic carbocycles. The maximum atomic E-state index is 12.3. The van der Waals surface area contributed by atoms with Gasteiger partial charge in [-0.25, -0.2) is 0 Å². The molecule has 2 atom stereocenters. The molecule has 0 fully saturated rings. The second kappa shape index (κ2) is 6.21. The summed E-state index contributed by atoms with van der Waals surface area (Å²) in [5.74, 6) is -3.48. The van der Waals surface area contributed by atoms with Crippen LogP contribution in [-0.4, -0.2) is 22.9 Å². The van der Waals surface area contributed by atoms with Crippen molar-refractivity contribution in [2.24, 2.45) is 17.6 Å². The second-order valence-electron chi connectivity index (χ2n) is 4.89. The number of allylic oxidation sites excluding steroid dienone is 2. The van der Waals surface area contributed by atoms with Crippen LogP contribution in [0.15, 0.2) is 36.4 Å². The van der Waals surface area contributed by atoms with Crippen molar-refractivity contribution in [1.82, 2.24) is 0 Å². The van der Waals surface area contributed by atoms with Gasteiger partial charge >= 0.3 is 5.97 Å². The van der Waals surface area contributed by atoms with Crippen molar-refractivity contribution in [1.29, 1.82) is 0 Å². The van der Waals surface area contributed by atoms with Crippen molar-refractivity contribution in [3.05, 3.63) is 42.0 Å². The first-order valence-corrected chi connectivity index (χ1v) is 6.58. The number of carbonyl (C=O) groups is 3. The molecule has 0 bridgehead atoms. The minimum Gasteiger partial charge on any atom is -0.481 e. The Kier molecular flexibility index (Phi) is 4.37. The number of nitrogens with two attached hydrogens (primary N) is 1. The number of aliphatic carboxylic acids is 1. The van der Waals surface area contributed by atoms with Crippen LogP contribution >= 0.6 is 0 Å². The van der Waals surface area contributed by atoms with Gasteiger partial charge in [0, 0.05) is 0 Å². The van der Waals surface area contributed by atoms with E-state index in [1.54, 1.807) is 30.4 Å². The van der Waals surface area contributed by atoms with Gasteiger partial charge in [0.2, 0.25) is 5.91 Å². The summed E-state index contributed by atoms with van der Waals surface area (Å²) < 4.78 is 0. The van der Waals surface area contributed by atoms with Crippen LogP contribution in [0.4, 0.5) is 5.69 Å². The molecule has 2 rings (SSSR count). The summed E-state index contributed by atoms with van der Waals surface area (Å²) in [6.45, 7) is 0. The van der Waals surface area contributed by atoms with Gasteiger partial charge in [0.1, 0.15) is 0 Å². The number of para-hydroxylation sites is 1. The Morgan fingerprint density at radius 2 is 1.71 bits per heavy atom. The largest absolute Gasteiger partial charge is 0.481 e. The minimum absolute atomic E-state index is 0.198. The third kappa shape index (κ3) is 3.28. The van der Waals surface area contributed by atoms with E-state index in [1.807, 2.05) is 0 Å². The summed E-state index contributed by atoms with van der Waals surface area (Å²) >= 11 is 0. The van der Waals surface area contributed by atoms with Crippen LogP contribution in [0.25, 0.3) is 0 Å². The first-order chi connectivity index (χ1) is 10.0. The van der Waals surface area contributed by atoms with Crippen LogP contribution in [0.2, 0.25) is 0 Å². The molecule has 4 N–H and O–H groups in total. The fourth-order valence-electron chi connectivity index (χ4n) is 2.41. The Morgan fingerprint density at radius 1 is 1.10 bits per heavy atom. The molecular formula is C15H16N2O4. The van der Waals surface area contributed by atoms with Gasteiger partial charge in [0.15, 0.2) is 0 Å². The lowest BCUT2D eigenvalue weighted by Gasteiger charge is -2.24. The Hall–Kier alpha value is -2.63. The number of rotatable bonds is 4. The molecule has 0 saturated carbocycles. The molecule has 6 heteroatoms. The summed E-state index contributed by atoms with van der Waals surface area (Å²) in [7, 11) is 0. The van der Waals surface area contributed by atoms with Crippen molar-refractivity contribution >= 4 is 23.5 Å². The molecule has 0 radical (unpaired) electrons. The van der Waals surface area contributed by atoms with Gasteiger partial charge in [-0.05, 0) is 25.0 Å². The van der Waals surface area contributed by atoms with E-state index in [2.05, 4.69) is 5.32 Å². The van der Waals surface area contributed by atoms with Gasteiger partial charge in [-0.15, -0.1) is 0 Å². The highest BCUT2D eigenvalue weighted by Gasteiger charge is 2.34. The van der Waals surface area contributed by atoms with Crippen LogP contribution in [0.1, 0.15) is 23.2 Å². The highest BCUT2D eigenvalue weighted by atomic mass is 16.4. The van der Waals surface area contributed by atoms with E-state index in [4.69, 9.17) is 5.73 Å². The molecule has 6 nitrogen and oxygen atoms in total. The topological polar surface area (TPSA) is 109 Å². The smallest absolute Gasteiger partial charge is 0.307 e. The molecule has 1 aromatic carbocycles. The SMILES string of the molecule is NC(=O)c1ccccc1NC(=O)[C@H]1CC=CC[C@@H]1C(=O)O. The van der Waals surface area contributed by atoms with E-state index < -0.39 is 29.6 Å². The van der Waals surface area contributed by atoms with E-state index in [1.165, 1.54) is 6.07 Å². The molecule has 1 aliphatic rings. The number of hydrogen-bond acceptors (Lipinski definition) is 3. The average Bonchev–Trinajstić information content (AvgIpc) is 2.47. The number of anilines is 1. The lowest BCUT2D eigenvalue weighted by molar-refractivity contribution is -0.146. The van der Waals surface area contributed by atoms with Crippen molar-refractivity contribution in [3.63, 3.8) is 0 Å². The van der Waals surface area contributed by atoms with E-state index in [9.17, 15) is 19.5 Å². The predicted molar refractivity (Wildman–Crippen MR) is 76.6 cm³/mol. The summed E-state index contributed by atoms with van der Waals surface area (Å²) in [5, 5.41) is 11.8. The number of amides is 2. The van der Waals surface area contributed by atoms with Crippen LogP contribution < -0.4 is 11.1 Å². The first kappa shape index (κ1) is 14.8. The zero-order valence-corrected chi connectivity index (χ0v) is 11.3. The maximum absolute atomic E-state index is 12.3. The lowest BCUT2D eigenvalue weighted by Crippen LogP contribution is -2.35. The normalized spacial score (nSPS) is 20.8. The average molecular weight is 288 g/mol. The highest BCUT2D eigenvalue weighted by Crippen LogP contribution is 2.27. The molecule has 0 unspecified atom stereocenters. The molecule has 0 saturated heterocycles. The molecular weight excluding hydrogens is 272 g/mol. The van der Waals surface area contributed by atoms with E-state index in [-0.39, 0.29) is 5.56 Å². The Morgan fingerprint density at radius 3 is 2.33 bits per heavy atom. The fraction of sp³-hybridized carbons (Fsp3) is 0.267. The molecule has 110 valence electrons. The third-order valence-electron chi connectivity index (χ3n) is 3.54. The van der Waals surface area contributed by atoms with Gasteiger partial charge in [-0.2, -0.15) is 0 Å². The van der Waals surface area contributed by atoms with Gasteiger partial charge in [-0.1, -0.05) is 24.3 Å². The number of benzene rings is 1. The quantitative estimate of drug-likeness (QED) is 0.727. The summed E-state index contributed by atoms with van der Waals surface area (Å²) in [6.07, 6.45) is 4.25. The Labute approximate surface area is 121 Å². The molecule has 0 aromatic heterocycles. The maximum Gasteiger partial charge on any atom is 0.307 e. The van der Waals surface area contributed by atoms with Crippen LogP contribution in [0.5, 0.6) is 0 Å². The van der Waals surface area contributed by atoms with Crippen molar-refractivity contribution < 1.29 is 19.5 Å². The van der Waals surface area contributed by atoms with Crippen molar-refractivity contribution in [3.8, 4) is 0 Å². The molecule has 0 aliphatic heterocycles. The number of primary amides is 1. The van der Waals surface area contributed by atoms with E-state index in [0.717, 1.165) is 0 Å². The molecule has 0 heterocycles. The number of carboxylic acid groups (broad SMARTS) is 1. The van der Waals surface area contributed by atoms with Crippen molar-refractivity contribution in [2.75, 3.05) is 5.32 Å². The molecule has 2 amide bonds. The van der Waals surface area contributed by atoms with Gasteiger partial charge in [-0.3, -0.25) is 14.4 Å². The van der Waals surface area contributed by atoms with Crippen LogP contribution in [0, 0.1) is 11.8 Å². The van der Waals surface area contributed by atoms with Gasteiger partial charge in [0.25, 0.3) is 5.91 Å². The fourth-order valence-corrected chi connectivity index (χ4v) is 2.41. The van der Waals surface area contributed by atoms with E-state index in [0.29, 0.717) is 18.5 Å². The van der Waals surface area contributed by atoms with Gasteiger partial charge < -0.3 is 16.2 Å². The highest BCUT2D eigenvalue weighted by molar-refractivity contribution is 6.04. The number of hydrogen-bond donors (Lipinski definition) is 3. The summed E-state index contributed by atoms with van der Waals surface area (Å²) in [4.78, 5) is 34.8. The minimum atomic E-state index is -0.998. The number of carbonyl (C=O) groups excluding carboxylic acids is 2. The lowest BCUT2D eigenvalue weighted by atomic mass is 9.82. The monoisotopic (exact) mass is 288 g/mol. The Bertz CT molecular complexity index is 609. The summed E-state index contributed by atoms with van der Waals surface area (Å²) in [5.41, 5.74) is 5.75. The standard InChI is InChI=1S/C15H16N2O4/c16-13(18)11-7-3-4-8-12(11)17-14(19)9-5-1-2-6-10(9)15(20)21/h1-4,7-10H,5-6H2,(H2,16,18)(H,17,19)(H,20,21)/t9-,10-/m0/s1. The van der Waals surface area contributed by atoms with Crippen LogP contribution in [0.3, 0.4) is 0 Å². The first-order valence-electron chi connectivity index (χ1n) is 6.58. The number of carboxylic acids is 1. The number of nitrogens with one attached hydrogen (secondary N) is 1. The van der Waals surface area contributed by atoms with Crippen molar-refractivity contribution in [2.45, 2.75) is 12.8 Å². The zero-order chi connectivity index (χ0) is 15.4. The molecule has 1 aromatic rings. The Balaban J connectivity index is 2.20. The summed E-state index contributed by atoms with van der Waals surface area (Å²) in [6, 6.07) is 6.37. The second-order valence-corrected chi connectivity index (χ2v) is 4.89. The predicted octanol–water partition coefficient (Wildman–Crippen LogP) is 1.39. The third-order valence-corrected chi connectivity index (χ3v) is 3.54.